The van der Waals surface area contributed by atoms with Crippen LogP contribution in [0.25, 0.3) is 10.6 Å². The summed E-state index contributed by atoms with van der Waals surface area (Å²) in [5, 5.41) is 9.49. The van der Waals surface area contributed by atoms with E-state index >= 15 is 0 Å². The van der Waals surface area contributed by atoms with Crippen LogP contribution in [0.1, 0.15) is 9.67 Å². The van der Waals surface area contributed by atoms with E-state index in [2.05, 4.69) is 20.9 Å². The van der Waals surface area contributed by atoms with Crippen LogP contribution in [-0.4, -0.2) is 16.1 Å². The maximum atomic E-state index is 10.8. The highest BCUT2D eigenvalue weighted by Crippen LogP contribution is 2.31. The molecule has 6 heteroatoms. The van der Waals surface area contributed by atoms with Crippen molar-refractivity contribution in [2.75, 3.05) is 0 Å². The molecule has 1 aromatic heterocycles. The monoisotopic (exact) mass is 317 g/mol. The van der Waals surface area contributed by atoms with Crippen LogP contribution in [0, 0.1) is 0 Å². The Bertz CT molecular complexity index is 538. The average molecular weight is 319 g/mol. The van der Waals surface area contributed by atoms with Crippen LogP contribution in [0.4, 0.5) is 0 Å². The maximum absolute atomic E-state index is 10.8. The lowest BCUT2D eigenvalue weighted by Crippen LogP contribution is -1.91. The SMILES string of the molecule is O=C(O)c1sc(-c2ccc(Br)cc2)nc1Cl. The van der Waals surface area contributed by atoms with E-state index in [9.17, 15) is 4.79 Å². The molecule has 1 N–H and O–H groups in total. The minimum Gasteiger partial charge on any atom is -0.477 e. The number of thiazole rings is 1. The molecule has 0 radical (unpaired) electrons. The van der Waals surface area contributed by atoms with Crippen molar-refractivity contribution >= 4 is 44.8 Å². The van der Waals surface area contributed by atoms with Crippen LogP contribution < -0.4 is 0 Å². The lowest BCUT2D eigenvalue weighted by Gasteiger charge is -1.94. The molecule has 0 saturated carbocycles. The second-order valence-electron chi connectivity index (χ2n) is 2.95. The molecule has 0 fully saturated rings. The van der Waals surface area contributed by atoms with Gasteiger partial charge in [0.1, 0.15) is 5.01 Å². The van der Waals surface area contributed by atoms with Crippen LogP contribution in [-0.2, 0) is 0 Å². The predicted molar refractivity (Wildman–Crippen MR) is 67.2 cm³/mol. The molecular weight excluding hydrogens is 314 g/mol. The van der Waals surface area contributed by atoms with Gasteiger partial charge in [0, 0.05) is 10.0 Å². The molecule has 16 heavy (non-hydrogen) atoms. The summed E-state index contributed by atoms with van der Waals surface area (Å²) in [4.78, 5) is 14.9. The predicted octanol–water partition coefficient (Wildman–Crippen LogP) is 3.92. The van der Waals surface area contributed by atoms with Crippen molar-refractivity contribution in [2.24, 2.45) is 0 Å². The van der Waals surface area contributed by atoms with E-state index in [1.165, 1.54) is 0 Å². The third kappa shape index (κ3) is 2.26. The van der Waals surface area contributed by atoms with Crippen molar-refractivity contribution < 1.29 is 9.90 Å². The van der Waals surface area contributed by atoms with Gasteiger partial charge >= 0.3 is 5.97 Å². The molecule has 1 heterocycles. The summed E-state index contributed by atoms with van der Waals surface area (Å²) in [5.74, 6) is -1.05. The van der Waals surface area contributed by atoms with E-state index in [0.29, 0.717) is 5.01 Å². The molecule has 0 saturated heterocycles. The molecule has 0 bridgehead atoms. The third-order valence-electron chi connectivity index (χ3n) is 1.87. The normalized spacial score (nSPS) is 10.4. The van der Waals surface area contributed by atoms with E-state index < -0.39 is 5.97 Å². The van der Waals surface area contributed by atoms with E-state index in [1.807, 2.05) is 24.3 Å². The quantitative estimate of drug-likeness (QED) is 0.913. The molecule has 1 aromatic carbocycles. The number of rotatable bonds is 2. The summed E-state index contributed by atoms with van der Waals surface area (Å²) in [6.45, 7) is 0. The molecular formula is C10H5BrClNO2S. The van der Waals surface area contributed by atoms with Gasteiger partial charge in [-0.15, -0.1) is 11.3 Å². The van der Waals surface area contributed by atoms with Gasteiger partial charge in [-0.2, -0.15) is 0 Å². The zero-order chi connectivity index (χ0) is 11.7. The minimum atomic E-state index is -1.05. The Labute approximate surface area is 109 Å². The van der Waals surface area contributed by atoms with E-state index in [-0.39, 0.29) is 10.0 Å². The van der Waals surface area contributed by atoms with Crippen molar-refractivity contribution in [1.29, 1.82) is 0 Å². The first kappa shape index (κ1) is 11.6. The molecule has 82 valence electrons. The Morgan fingerprint density at radius 1 is 1.38 bits per heavy atom. The number of hydrogen-bond donors (Lipinski definition) is 1. The molecule has 0 spiro atoms. The molecule has 0 unspecified atom stereocenters. The summed E-state index contributed by atoms with van der Waals surface area (Å²) >= 11 is 10.1. The Morgan fingerprint density at radius 3 is 2.50 bits per heavy atom. The Hall–Kier alpha value is -0.910. The Kier molecular flexibility index (Phi) is 3.28. The zero-order valence-electron chi connectivity index (χ0n) is 7.78. The number of aromatic carboxylic acids is 1. The molecule has 3 nitrogen and oxygen atoms in total. The summed E-state index contributed by atoms with van der Waals surface area (Å²) in [7, 11) is 0. The van der Waals surface area contributed by atoms with Crippen molar-refractivity contribution in [3.63, 3.8) is 0 Å². The van der Waals surface area contributed by atoms with Crippen LogP contribution in [0.15, 0.2) is 28.7 Å². The molecule has 0 amide bonds. The van der Waals surface area contributed by atoms with Crippen LogP contribution in [0.3, 0.4) is 0 Å². The number of nitrogens with zero attached hydrogens (tertiary/aromatic N) is 1. The highest BCUT2D eigenvalue weighted by atomic mass is 79.9. The lowest BCUT2D eigenvalue weighted by molar-refractivity contribution is 0.0702. The second-order valence-corrected chi connectivity index (χ2v) is 5.22. The minimum absolute atomic E-state index is 0.0374. The van der Waals surface area contributed by atoms with Gasteiger partial charge in [0.05, 0.1) is 0 Å². The number of aromatic nitrogens is 1. The van der Waals surface area contributed by atoms with Gasteiger partial charge < -0.3 is 5.11 Å². The molecule has 2 aromatic rings. The van der Waals surface area contributed by atoms with Crippen LogP contribution in [0.2, 0.25) is 5.15 Å². The lowest BCUT2D eigenvalue weighted by atomic mass is 10.2. The van der Waals surface area contributed by atoms with Crippen LogP contribution >= 0.6 is 38.9 Å². The summed E-state index contributed by atoms with van der Waals surface area (Å²) < 4.78 is 0.956. The Morgan fingerprint density at radius 2 is 2.00 bits per heavy atom. The second kappa shape index (κ2) is 4.53. The van der Waals surface area contributed by atoms with Gasteiger partial charge in [-0.1, -0.05) is 39.7 Å². The average Bonchev–Trinajstić information content (AvgIpc) is 2.61. The van der Waals surface area contributed by atoms with Gasteiger partial charge in [0.15, 0.2) is 10.0 Å². The molecule has 0 aliphatic carbocycles. The third-order valence-corrected chi connectivity index (χ3v) is 3.88. The first-order valence-electron chi connectivity index (χ1n) is 4.23. The molecule has 0 aliphatic heterocycles. The number of carbonyl (C=O) groups is 1. The largest absolute Gasteiger partial charge is 0.477 e. The van der Waals surface area contributed by atoms with Crippen molar-refractivity contribution in [1.82, 2.24) is 4.98 Å². The first-order valence-corrected chi connectivity index (χ1v) is 6.22. The van der Waals surface area contributed by atoms with Gasteiger partial charge in [0.2, 0.25) is 0 Å². The van der Waals surface area contributed by atoms with E-state index in [0.717, 1.165) is 21.4 Å². The standard InChI is InChI=1S/C10H5BrClNO2S/c11-6-3-1-5(2-4-6)9-13-8(12)7(16-9)10(14)15/h1-4H,(H,14,15). The summed E-state index contributed by atoms with van der Waals surface area (Å²) in [5.41, 5.74) is 0.850. The molecule has 0 atom stereocenters. The highest BCUT2D eigenvalue weighted by Gasteiger charge is 2.16. The van der Waals surface area contributed by atoms with Crippen LogP contribution in [0.5, 0.6) is 0 Å². The van der Waals surface area contributed by atoms with Gasteiger partial charge in [-0.05, 0) is 12.1 Å². The van der Waals surface area contributed by atoms with E-state index in [4.69, 9.17) is 16.7 Å². The topological polar surface area (TPSA) is 50.2 Å². The van der Waals surface area contributed by atoms with Gasteiger partial charge in [0.25, 0.3) is 0 Å². The fourth-order valence-electron chi connectivity index (χ4n) is 1.15. The zero-order valence-corrected chi connectivity index (χ0v) is 10.9. The fourth-order valence-corrected chi connectivity index (χ4v) is 2.55. The van der Waals surface area contributed by atoms with Crippen molar-refractivity contribution in [2.45, 2.75) is 0 Å². The summed E-state index contributed by atoms with van der Waals surface area (Å²) in [6, 6.07) is 7.44. The molecule has 0 aliphatic rings. The summed E-state index contributed by atoms with van der Waals surface area (Å²) in [6.07, 6.45) is 0. The number of carboxylic acids is 1. The van der Waals surface area contributed by atoms with E-state index in [1.54, 1.807) is 0 Å². The maximum Gasteiger partial charge on any atom is 0.349 e. The smallest absolute Gasteiger partial charge is 0.349 e. The highest BCUT2D eigenvalue weighted by molar-refractivity contribution is 9.10. The van der Waals surface area contributed by atoms with Crippen molar-refractivity contribution in [3.05, 3.63) is 38.8 Å². The first-order chi connectivity index (χ1) is 7.58. The Balaban J connectivity index is 2.45. The van der Waals surface area contributed by atoms with Gasteiger partial charge in [-0.25, -0.2) is 9.78 Å². The van der Waals surface area contributed by atoms with Crippen molar-refractivity contribution in [3.8, 4) is 10.6 Å². The number of benzene rings is 1. The number of hydrogen-bond acceptors (Lipinski definition) is 3. The number of carboxylic acid groups (broad SMARTS) is 1. The molecule has 2 rings (SSSR count). The fraction of sp³-hybridized carbons (Fsp3) is 0. The number of halogens is 2. The van der Waals surface area contributed by atoms with Gasteiger partial charge in [-0.3, -0.25) is 0 Å².